The molecule has 0 radical (unpaired) electrons. The third-order valence-corrected chi connectivity index (χ3v) is 9.50. The summed E-state index contributed by atoms with van der Waals surface area (Å²) in [4.78, 5) is 11.9. The highest BCUT2D eigenvalue weighted by Crippen LogP contribution is 2.77. The van der Waals surface area contributed by atoms with E-state index in [1.165, 1.54) is 31.3 Å². The van der Waals surface area contributed by atoms with E-state index in [4.69, 9.17) is 4.74 Å². The van der Waals surface area contributed by atoms with Gasteiger partial charge in [0.25, 0.3) is 0 Å². The van der Waals surface area contributed by atoms with E-state index in [2.05, 4.69) is 48.6 Å². The highest BCUT2D eigenvalue weighted by atomic mass is 127. The highest BCUT2D eigenvalue weighted by Gasteiger charge is 2.75. The van der Waals surface area contributed by atoms with E-state index < -0.39 is 0 Å². The van der Waals surface area contributed by atoms with Crippen molar-refractivity contribution in [3.05, 3.63) is 23.8 Å². The van der Waals surface area contributed by atoms with Gasteiger partial charge in [-0.3, -0.25) is 4.79 Å². The first-order valence-corrected chi connectivity index (χ1v) is 12.2. The van der Waals surface area contributed by atoms with Gasteiger partial charge in [0.2, 0.25) is 0 Å². The number of carbonyl (C=O) groups is 1. The Kier molecular flexibility index (Phi) is 4.25. The Balaban J connectivity index is 1.52. The van der Waals surface area contributed by atoms with Crippen molar-refractivity contribution < 1.29 is 9.53 Å². The summed E-state index contributed by atoms with van der Waals surface area (Å²) in [5, 5.41) is 0. The van der Waals surface area contributed by atoms with Crippen molar-refractivity contribution in [3.63, 3.8) is 0 Å². The molecule has 0 N–H and O–H groups in total. The number of fused-ring (bicyclic) bond motifs is 7. The minimum atomic E-state index is 0.0830. The summed E-state index contributed by atoms with van der Waals surface area (Å²) in [7, 11) is 0. The third kappa shape index (κ3) is 2.22. The van der Waals surface area contributed by atoms with E-state index in [-0.39, 0.29) is 5.60 Å². The Bertz CT molecular complexity index is 682. The molecule has 0 amide bonds. The van der Waals surface area contributed by atoms with Crippen molar-refractivity contribution in [3.8, 4) is 0 Å². The molecule has 0 saturated heterocycles. The lowest BCUT2D eigenvalue weighted by atomic mass is 9.49. The van der Waals surface area contributed by atoms with E-state index in [0.717, 1.165) is 47.5 Å². The molecule has 0 bridgehead atoms. The maximum atomic E-state index is 11.9. The van der Waals surface area contributed by atoms with Crippen LogP contribution in [0.2, 0.25) is 0 Å². The summed E-state index contributed by atoms with van der Waals surface area (Å²) >= 11 is 2.45. The average molecular weight is 466 g/mol. The second-order valence-electron chi connectivity index (χ2n) is 9.58. The van der Waals surface area contributed by atoms with Crippen LogP contribution < -0.4 is 0 Å². The highest BCUT2D eigenvalue weighted by molar-refractivity contribution is 14.1. The Morgan fingerprint density at radius 1 is 1.31 bits per heavy atom. The van der Waals surface area contributed by atoms with Gasteiger partial charge < -0.3 is 4.74 Å². The lowest BCUT2D eigenvalue weighted by Gasteiger charge is -2.57. The number of alkyl halides is 1. The van der Waals surface area contributed by atoms with Gasteiger partial charge in [-0.05, 0) is 86.2 Å². The lowest BCUT2D eigenvalue weighted by molar-refractivity contribution is -0.162. The molecule has 0 spiro atoms. The smallest absolute Gasteiger partial charge is 0.155 e. The largest absolute Gasteiger partial charge is 0.374 e. The molecular weight excluding hydrogens is 435 g/mol. The van der Waals surface area contributed by atoms with E-state index in [1.54, 1.807) is 0 Å². The molecule has 8 atom stereocenters. The Hall–Kier alpha value is -0.160. The van der Waals surface area contributed by atoms with Crippen molar-refractivity contribution in [2.75, 3.05) is 11.0 Å². The first-order chi connectivity index (χ1) is 12.6. The average Bonchev–Trinajstić information content (AvgIpc) is 3.41. The van der Waals surface area contributed by atoms with E-state index in [0.29, 0.717) is 23.0 Å². The van der Waals surface area contributed by atoms with E-state index in [1.807, 2.05) is 6.08 Å². The number of hydrogen-bond donors (Lipinski definition) is 0. The molecule has 3 heteroatoms. The fourth-order valence-corrected chi connectivity index (χ4v) is 8.21. The minimum absolute atomic E-state index is 0.0830. The number of allylic oxidation sites excluding steroid dienone is 4. The van der Waals surface area contributed by atoms with E-state index in [9.17, 15) is 4.79 Å². The minimum Gasteiger partial charge on any atom is -0.374 e. The normalized spacial score (nSPS) is 51.2. The van der Waals surface area contributed by atoms with Crippen LogP contribution in [0.15, 0.2) is 23.8 Å². The molecule has 2 nitrogen and oxygen atoms in total. The standard InChI is InChI=1S/C23H31IO2/c1-3-23-9-8-17-16-7-5-15(25)12-14(16)4-6-18(17)21(23)19-13-20(19)22(23,2)26-11-10-24/h4,6,12,16-21H,3,5,7-11,13H2,1-2H3/t16?,17?,18?,19-,20?,21?,22+,23?/m1/s1. The number of hydrogen-bond acceptors (Lipinski definition) is 2. The van der Waals surface area contributed by atoms with Crippen LogP contribution in [0.3, 0.4) is 0 Å². The molecule has 142 valence electrons. The number of rotatable bonds is 4. The molecule has 0 aliphatic heterocycles. The molecule has 0 aromatic carbocycles. The number of carbonyl (C=O) groups excluding carboxylic acids is 1. The van der Waals surface area contributed by atoms with Gasteiger partial charge in [0.1, 0.15) is 0 Å². The van der Waals surface area contributed by atoms with Gasteiger partial charge in [-0.1, -0.05) is 41.7 Å². The molecule has 3 fully saturated rings. The maximum Gasteiger partial charge on any atom is 0.155 e. The molecule has 6 unspecified atom stereocenters. The van der Waals surface area contributed by atoms with Crippen LogP contribution in [-0.2, 0) is 9.53 Å². The summed E-state index contributed by atoms with van der Waals surface area (Å²) in [6.07, 6.45) is 13.9. The molecule has 5 aliphatic rings. The Morgan fingerprint density at radius 3 is 2.92 bits per heavy atom. The molecule has 26 heavy (non-hydrogen) atoms. The predicted molar refractivity (Wildman–Crippen MR) is 112 cm³/mol. The topological polar surface area (TPSA) is 26.3 Å². The van der Waals surface area contributed by atoms with Gasteiger partial charge in [0.05, 0.1) is 12.2 Å². The summed E-state index contributed by atoms with van der Waals surface area (Å²) in [5.41, 5.74) is 1.78. The molecule has 3 saturated carbocycles. The van der Waals surface area contributed by atoms with Crippen LogP contribution in [0.5, 0.6) is 0 Å². The van der Waals surface area contributed by atoms with Gasteiger partial charge >= 0.3 is 0 Å². The second-order valence-corrected chi connectivity index (χ2v) is 10.7. The van der Waals surface area contributed by atoms with Crippen LogP contribution >= 0.6 is 22.6 Å². The van der Waals surface area contributed by atoms with Gasteiger partial charge in [-0.15, -0.1) is 0 Å². The first kappa shape index (κ1) is 17.9. The van der Waals surface area contributed by atoms with Gasteiger partial charge in [-0.25, -0.2) is 0 Å². The van der Waals surface area contributed by atoms with Crippen LogP contribution in [0.4, 0.5) is 0 Å². The van der Waals surface area contributed by atoms with Gasteiger partial charge in [0.15, 0.2) is 5.78 Å². The number of ether oxygens (including phenoxy) is 1. The number of ketones is 1. The van der Waals surface area contributed by atoms with Crippen LogP contribution in [0.25, 0.3) is 0 Å². The van der Waals surface area contributed by atoms with Crippen molar-refractivity contribution in [2.24, 2.45) is 40.9 Å². The van der Waals surface area contributed by atoms with Crippen LogP contribution in [0, 0.1) is 40.9 Å². The fraction of sp³-hybridized carbons (Fsp3) is 0.783. The summed E-state index contributed by atoms with van der Waals surface area (Å²) in [6.45, 7) is 5.78. The molecule has 0 heterocycles. The SMILES string of the molecule is CCC12CCC3C4CCC(=O)C=C4C=CC3C1[C@@H]1CC1[C@]2(C)OCCI. The molecule has 0 aromatic rings. The zero-order valence-corrected chi connectivity index (χ0v) is 18.2. The summed E-state index contributed by atoms with van der Waals surface area (Å²) in [5.74, 6) is 4.90. The molecule has 0 aromatic heterocycles. The van der Waals surface area contributed by atoms with Crippen molar-refractivity contribution in [2.45, 2.75) is 58.0 Å². The first-order valence-electron chi connectivity index (χ1n) is 10.7. The molecular formula is C23H31IO2. The Morgan fingerprint density at radius 2 is 2.15 bits per heavy atom. The lowest BCUT2D eigenvalue weighted by Crippen LogP contribution is -2.55. The van der Waals surface area contributed by atoms with Gasteiger partial charge in [0, 0.05) is 16.3 Å². The zero-order valence-electron chi connectivity index (χ0n) is 16.0. The monoisotopic (exact) mass is 466 g/mol. The Labute approximate surface area is 171 Å². The number of halogens is 1. The van der Waals surface area contributed by atoms with Crippen molar-refractivity contribution >= 4 is 28.4 Å². The summed E-state index contributed by atoms with van der Waals surface area (Å²) in [6, 6.07) is 0. The van der Waals surface area contributed by atoms with Crippen LogP contribution in [-0.4, -0.2) is 22.4 Å². The second kappa shape index (κ2) is 6.17. The predicted octanol–water partition coefficient (Wildman–Crippen LogP) is 5.36. The summed E-state index contributed by atoms with van der Waals surface area (Å²) < 4.78 is 7.76. The van der Waals surface area contributed by atoms with Crippen molar-refractivity contribution in [1.82, 2.24) is 0 Å². The maximum absolute atomic E-state index is 11.9. The third-order valence-electron chi connectivity index (χ3n) is 9.06. The quantitative estimate of drug-likeness (QED) is 0.412. The van der Waals surface area contributed by atoms with Crippen LogP contribution in [0.1, 0.15) is 52.4 Å². The van der Waals surface area contributed by atoms with E-state index >= 15 is 0 Å². The van der Waals surface area contributed by atoms with Crippen molar-refractivity contribution in [1.29, 1.82) is 0 Å². The zero-order chi connectivity index (χ0) is 18.1. The molecule has 5 aliphatic carbocycles. The molecule has 5 rings (SSSR count). The van der Waals surface area contributed by atoms with Gasteiger partial charge in [-0.2, -0.15) is 0 Å². The fourth-order valence-electron chi connectivity index (χ4n) is 7.99.